The number of benzene rings is 11. The van der Waals surface area contributed by atoms with Gasteiger partial charge in [0.15, 0.2) is 43.1 Å². The SMILES string of the molecule is CCC(Cc1ccc2c(c1)OCC(=O)N2)c1ccccc1.CCC(Cc1ccc2c(c1)OCC(=O)N2Cc1ccc(C)cc1)c1ccccc1.Cc1ccc(CN2C(=O)COc3cc(CBr)ccc32)cc1.Cc1ccc(CN2C(=O)COc3cc(CO[Si](C)(C)C(C)(C)C)ccc32)cc1.Cc1ccc(CNc2ccc(CO[Si](C)(C)C(C)(C)C)cc2O)cc1.O=C(Cl)CCl. The molecule has 4 heterocycles. The molecule has 0 spiro atoms. The number of carbonyl (C=O) groups is 5. The lowest BCUT2D eigenvalue weighted by Crippen LogP contribution is -2.40. The Labute approximate surface area is 784 Å². The van der Waals surface area contributed by atoms with Crippen LogP contribution >= 0.6 is 39.1 Å². The number of carbonyl (C=O) groups excluding carboxylic acids is 5. The number of fused-ring (bicyclic) bond motifs is 4. The standard InChI is InChI=1S/C26H27NO2.C23H31NO3Si.C21H31NO2Si.C18H19NO2.C17H16BrNO2.C2H2Cl2O/c1-3-22(23-7-5-4-6-8-23)15-21-13-14-24-25(16-21)29-18-26(28)27(24)17-20-11-9-19(2)10-12-20;1-17-7-9-18(10-8-17)14-24-20-12-11-19(13-21(20)26-16-22(24)25)15-27-28(5,6)23(2,3)4;1-16-7-9-17(10-8-16)14-22-19-12-11-18(13-20(19)23)15-24-25(5,6)21(2,3)4;1-2-14(15-6-4-3-5-7-15)10-13-8-9-16-17(11-13)21-12-18(20)19-16;1-12-2-4-13(5-3-12)10-19-15-7-6-14(9-18)8-16(15)21-11-17(19)20;3-1-2(4)5/h4-14,16,22H,3,15,17-18H2,1-2H3;7-13H,14-16H2,1-6H3;7-13,22-23H,14-15H2,1-6H3;3-9,11,14H,2,10,12H2,1H3,(H,19,20);2-8H,9-11H2,1H3;1H2. The molecular weight excluding hydrogens is 1750 g/mol. The largest absolute Gasteiger partial charge is 0.506 e. The maximum absolute atomic E-state index is 12.5. The summed E-state index contributed by atoms with van der Waals surface area (Å²) in [7, 11) is -3.59. The van der Waals surface area contributed by atoms with Crippen molar-refractivity contribution in [1.29, 1.82) is 0 Å². The summed E-state index contributed by atoms with van der Waals surface area (Å²) in [4.78, 5) is 63.3. The van der Waals surface area contributed by atoms with Crippen molar-refractivity contribution in [2.45, 2.75) is 202 Å². The van der Waals surface area contributed by atoms with Crippen LogP contribution in [0.1, 0.15) is 164 Å². The van der Waals surface area contributed by atoms with Gasteiger partial charge in [-0.15, -0.1) is 11.6 Å². The van der Waals surface area contributed by atoms with E-state index in [1.807, 2.05) is 82.6 Å². The lowest BCUT2D eigenvalue weighted by Gasteiger charge is -2.36. The number of hydrogen-bond acceptors (Lipinski definition) is 13. The van der Waals surface area contributed by atoms with E-state index >= 15 is 0 Å². The molecule has 15 rings (SSSR count). The normalized spacial score (nSPS) is 13.7. The molecule has 4 aliphatic heterocycles. The van der Waals surface area contributed by atoms with Crippen molar-refractivity contribution in [3.8, 4) is 28.7 Å². The fourth-order valence-electron chi connectivity index (χ4n) is 14.1. The number of phenols is 1. The average molecular weight is 1880 g/mol. The summed E-state index contributed by atoms with van der Waals surface area (Å²) >= 11 is 13.0. The van der Waals surface area contributed by atoms with Gasteiger partial charge in [-0.2, -0.15) is 0 Å². The van der Waals surface area contributed by atoms with E-state index in [-0.39, 0.29) is 71.8 Å². The minimum Gasteiger partial charge on any atom is -0.506 e. The Kier molecular flexibility index (Phi) is 36.7. The molecule has 0 aliphatic carbocycles. The van der Waals surface area contributed by atoms with Crippen LogP contribution in [0.4, 0.5) is 28.4 Å². The first kappa shape index (κ1) is 100. The van der Waals surface area contributed by atoms with Crippen molar-refractivity contribution in [3.63, 3.8) is 0 Å². The Balaban J connectivity index is 0.000000166. The van der Waals surface area contributed by atoms with E-state index in [0.29, 0.717) is 51.2 Å². The van der Waals surface area contributed by atoms with Gasteiger partial charge < -0.3 is 58.2 Å². The molecule has 11 aromatic carbocycles. The first-order chi connectivity index (χ1) is 61.5. The summed E-state index contributed by atoms with van der Waals surface area (Å²) in [5.41, 5.74) is 21.9. The molecule has 0 saturated heterocycles. The molecule has 4 amide bonds. The molecule has 0 fully saturated rings. The molecule has 0 radical (unpaired) electrons. The van der Waals surface area contributed by atoms with Crippen molar-refractivity contribution >= 4 is 113 Å². The number of hydrogen-bond donors (Lipinski definition) is 3. The van der Waals surface area contributed by atoms with Gasteiger partial charge in [-0.3, -0.25) is 24.0 Å². The topological polar surface area (TPSA) is 195 Å². The Bertz CT molecular complexity index is 5540. The van der Waals surface area contributed by atoms with Crippen molar-refractivity contribution in [3.05, 3.63) is 332 Å². The number of ether oxygens (including phenoxy) is 4. The zero-order valence-electron chi connectivity index (χ0n) is 77.6. The Morgan fingerprint density at radius 2 is 0.775 bits per heavy atom. The van der Waals surface area contributed by atoms with Gasteiger partial charge in [-0.1, -0.05) is 282 Å². The highest BCUT2D eigenvalue weighted by molar-refractivity contribution is 9.08. The van der Waals surface area contributed by atoms with Crippen LogP contribution in [0.25, 0.3) is 0 Å². The Morgan fingerprint density at radius 1 is 0.450 bits per heavy atom. The van der Waals surface area contributed by atoms with Gasteiger partial charge in [0.05, 0.1) is 67.2 Å². The van der Waals surface area contributed by atoms with Gasteiger partial charge in [-0.05, 0) is 235 Å². The van der Waals surface area contributed by atoms with E-state index in [2.05, 4.69) is 306 Å². The maximum Gasteiger partial charge on any atom is 0.265 e. The minimum atomic E-state index is -1.81. The van der Waals surface area contributed by atoms with E-state index in [0.717, 1.165) is 116 Å². The number of anilines is 5. The van der Waals surface area contributed by atoms with Crippen LogP contribution in [0.2, 0.25) is 36.3 Å². The van der Waals surface area contributed by atoms with Crippen molar-refractivity contribution in [2.75, 3.05) is 57.6 Å². The second kappa shape index (κ2) is 47.1. The number of amides is 4. The van der Waals surface area contributed by atoms with Gasteiger partial charge in [0.25, 0.3) is 23.6 Å². The molecule has 0 saturated carbocycles. The molecular formula is C107H126BrCl2N5O12Si2. The van der Waals surface area contributed by atoms with E-state index in [4.69, 9.17) is 51.0 Å². The summed E-state index contributed by atoms with van der Waals surface area (Å²) in [5.74, 6) is 4.14. The number of aryl methyl sites for hydroxylation is 4. The summed E-state index contributed by atoms with van der Waals surface area (Å²) in [6.45, 7) is 39.0. The third-order valence-electron chi connectivity index (χ3n) is 24.2. The average Bonchev–Trinajstić information content (AvgIpc) is 0.793. The smallest absolute Gasteiger partial charge is 0.265 e. The summed E-state index contributed by atoms with van der Waals surface area (Å²) in [6, 6.07) is 84.5. The van der Waals surface area contributed by atoms with Crippen LogP contribution in [0, 0.1) is 27.7 Å². The quantitative estimate of drug-likeness (QED) is 0.0212. The molecule has 3 N–H and O–H groups in total. The van der Waals surface area contributed by atoms with Crippen molar-refractivity contribution < 1.29 is 56.9 Å². The number of phenolic OH excluding ortho intramolecular Hbond substituents is 1. The molecule has 2 atom stereocenters. The van der Waals surface area contributed by atoms with Crippen LogP contribution in [0.5, 0.6) is 28.7 Å². The first-order valence-electron chi connectivity index (χ1n) is 44.2. The first-order valence-corrected chi connectivity index (χ1v) is 52.0. The molecule has 22 heteroatoms. The van der Waals surface area contributed by atoms with Gasteiger partial charge in [0, 0.05) is 11.9 Å². The van der Waals surface area contributed by atoms with E-state index in [1.165, 1.54) is 50.1 Å². The predicted molar refractivity (Wildman–Crippen MR) is 535 cm³/mol. The number of rotatable bonds is 25. The summed E-state index contributed by atoms with van der Waals surface area (Å²) < 4.78 is 35.1. The highest BCUT2D eigenvalue weighted by Crippen LogP contribution is 2.43. The number of nitrogens with one attached hydrogen (secondary N) is 2. The number of aromatic hydroxyl groups is 1. The molecule has 2 unspecified atom stereocenters. The number of nitrogens with zero attached hydrogens (tertiary/aromatic N) is 3. The van der Waals surface area contributed by atoms with E-state index < -0.39 is 21.9 Å². The molecule has 17 nitrogen and oxygen atoms in total. The lowest BCUT2D eigenvalue weighted by atomic mass is 9.89. The Hall–Kier alpha value is -10.8. The van der Waals surface area contributed by atoms with Gasteiger partial charge in [0.2, 0.25) is 5.24 Å². The zero-order chi connectivity index (χ0) is 93.2. The predicted octanol–water partition coefficient (Wildman–Crippen LogP) is 25.5. The molecule has 129 heavy (non-hydrogen) atoms. The Morgan fingerprint density at radius 3 is 1.15 bits per heavy atom. The number of alkyl halides is 2. The monoisotopic (exact) mass is 1880 g/mol. The molecule has 11 aromatic rings. The van der Waals surface area contributed by atoms with Crippen LogP contribution in [-0.2, 0) is 90.4 Å². The summed E-state index contributed by atoms with van der Waals surface area (Å²) in [6.07, 6.45) is 4.12. The van der Waals surface area contributed by atoms with Crippen LogP contribution in [0.3, 0.4) is 0 Å². The lowest BCUT2D eigenvalue weighted by molar-refractivity contribution is -0.122. The maximum atomic E-state index is 12.5. The van der Waals surface area contributed by atoms with Crippen LogP contribution in [-0.4, -0.2) is 82.9 Å². The molecule has 4 aliphatic rings. The second-order valence-corrected chi connectivity index (χ2v) is 47.1. The molecule has 0 bridgehead atoms. The minimum absolute atomic E-state index is 0.00143. The zero-order valence-corrected chi connectivity index (χ0v) is 82.7. The third-order valence-corrected chi connectivity index (χ3v) is 34.3. The molecule has 0 aromatic heterocycles. The highest BCUT2D eigenvalue weighted by Gasteiger charge is 2.39. The van der Waals surface area contributed by atoms with Crippen molar-refractivity contribution in [2.24, 2.45) is 0 Å². The third kappa shape index (κ3) is 29.6. The van der Waals surface area contributed by atoms with Gasteiger partial charge in [-0.25, -0.2) is 0 Å². The molecule has 680 valence electrons. The second-order valence-electron chi connectivity index (χ2n) is 36.2. The number of halogens is 3. The van der Waals surface area contributed by atoms with Crippen molar-refractivity contribution in [1.82, 2.24) is 0 Å². The van der Waals surface area contributed by atoms with Gasteiger partial charge in [0.1, 0.15) is 28.7 Å². The van der Waals surface area contributed by atoms with E-state index in [1.54, 1.807) is 11.0 Å². The fourth-order valence-corrected chi connectivity index (χ4v) is 16.4. The van der Waals surface area contributed by atoms with E-state index in [9.17, 15) is 29.1 Å². The van der Waals surface area contributed by atoms with Crippen LogP contribution in [0.15, 0.2) is 249 Å². The highest BCUT2D eigenvalue weighted by atomic mass is 79.9. The fraction of sp³-hybridized carbons (Fsp3) is 0.336. The van der Waals surface area contributed by atoms with Gasteiger partial charge >= 0.3 is 0 Å². The summed E-state index contributed by atoms with van der Waals surface area (Å²) in [5, 5.41) is 17.0. The van der Waals surface area contributed by atoms with Crippen LogP contribution < -0.4 is 44.3 Å².